The lowest BCUT2D eigenvalue weighted by Gasteiger charge is -2.15. The Hall–Kier alpha value is -1.58. The maximum atomic E-state index is 9.33. The predicted molar refractivity (Wildman–Crippen MR) is 66.6 cm³/mol. The zero-order valence-corrected chi connectivity index (χ0v) is 9.67. The molecule has 0 aliphatic rings. The maximum absolute atomic E-state index is 9.33. The van der Waals surface area contributed by atoms with Crippen molar-refractivity contribution in [2.75, 3.05) is 6.61 Å². The van der Waals surface area contributed by atoms with E-state index in [1.165, 1.54) is 5.56 Å². The van der Waals surface area contributed by atoms with Gasteiger partial charge in [-0.25, -0.2) is 0 Å². The summed E-state index contributed by atoms with van der Waals surface area (Å²) in [5, 5.41) is 12.6. The van der Waals surface area contributed by atoms with E-state index in [2.05, 4.69) is 17.4 Å². The van der Waals surface area contributed by atoms with Crippen LogP contribution in [0.2, 0.25) is 0 Å². The van der Waals surface area contributed by atoms with Gasteiger partial charge in [0.25, 0.3) is 0 Å². The smallest absolute Gasteiger partial charge is 0.0947 e. The van der Waals surface area contributed by atoms with Crippen LogP contribution in [0.1, 0.15) is 11.1 Å². The highest BCUT2D eigenvalue weighted by Gasteiger charge is 2.07. The van der Waals surface area contributed by atoms with Crippen LogP contribution in [0.4, 0.5) is 0 Å². The van der Waals surface area contributed by atoms with Gasteiger partial charge in [0.1, 0.15) is 0 Å². The summed E-state index contributed by atoms with van der Waals surface area (Å²) >= 11 is 0. The monoisotopic (exact) mass is 231 g/mol. The van der Waals surface area contributed by atoms with E-state index in [1.54, 1.807) is 12.5 Å². The van der Waals surface area contributed by atoms with Crippen molar-refractivity contribution < 1.29 is 9.52 Å². The molecule has 0 aliphatic carbocycles. The van der Waals surface area contributed by atoms with Gasteiger partial charge in [-0.15, -0.1) is 0 Å². The molecule has 0 saturated carbocycles. The van der Waals surface area contributed by atoms with Crippen molar-refractivity contribution in [2.24, 2.45) is 0 Å². The van der Waals surface area contributed by atoms with E-state index in [4.69, 9.17) is 4.42 Å². The first-order valence-corrected chi connectivity index (χ1v) is 5.77. The van der Waals surface area contributed by atoms with Crippen molar-refractivity contribution in [2.45, 2.75) is 19.0 Å². The predicted octanol–water partition coefficient (Wildman–Crippen LogP) is 1.97. The molecular weight excluding hydrogens is 214 g/mol. The van der Waals surface area contributed by atoms with Crippen LogP contribution in [-0.4, -0.2) is 17.8 Å². The Bertz CT molecular complexity index is 411. The molecule has 0 saturated heterocycles. The first kappa shape index (κ1) is 11.9. The third kappa shape index (κ3) is 3.73. The van der Waals surface area contributed by atoms with Crippen molar-refractivity contribution in [1.82, 2.24) is 5.32 Å². The van der Waals surface area contributed by atoms with Gasteiger partial charge >= 0.3 is 0 Å². The molecule has 2 N–H and O–H groups in total. The minimum absolute atomic E-state index is 0.0762. The Kier molecular flexibility index (Phi) is 4.36. The topological polar surface area (TPSA) is 45.4 Å². The van der Waals surface area contributed by atoms with Gasteiger partial charge in [-0.2, -0.15) is 0 Å². The minimum Gasteiger partial charge on any atom is -0.472 e. The first-order chi connectivity index (χ1) is 8.38. The standard InChI is InChI=1S/C14H17NO2/c16-10-14(8-12-4-2-1-3-5-12)15-9-13-6-7-17-11-13/h1-7,11,14-16H,8-10H2/t14-/m1/s1. The molecule has 90 valence electrons. The molecule has 0 spiro atoms. The zero-order valence-electron chi connectivity index (χ0n) is 9.67. The van der Waals surface area contributed by atoms with Crippen molar-refractivity contribution in [3.8, 4) is 0 Å². The summed E-state index contributed by atoms with van der Waals surface area (Å²) in [6, 6.07) is 12.2. The fraction of sp³-hybridized carbons (Fsp3) is 0.286. The number of furan rings is 1. The average Bonchev–Trinajstić information content (AvgIpc) is 2.89. The number of nitrogens with one attached hydrogen (secondary N) is 1. The van der Waals surface area contributed by atoms with Crippen LogP contribution in [0, 0.1) is 0 Å². The van der Waals surface area contributed by atoms with E-state index in [0.29, 0.717) is 6.54 Å². The summed E-state index contributed by atoms with van der Waals surface area (Å²) in [4.78, 5) is 0. The van der Waals surface area contributed by atoms with Gasteiger partial charge in [-0.1, -0.05) is 30.3 Å². The highest BCUT2D eigenvalue weighted by molar-refractivity contribution is 5.16. The van der Waals surface area contributed by atoms with Crippen LogP contribution in [0.5, 0.6) is 0 Å². The van der Waals surface area contributed by atoms with Gasteiger partial charge in [0, 0.05) is 18.2 Å². The molecule has 1 aromatic carbocycles. The Labute approximate surface area is 101 Å². The average molecular weight is 231 g/mol. The summed E-state index contributed by atoms with van der Waals surface area (Å²) in [5.41, 5.74) is 2.32. The van der Waals surface area contributed by atoms with Gasteiger partial charge < -0.3 is 14.8 Å². The van der Waals surface area contributed by atoms with Crippen LogP contribution in [-0.2, 0) is 13.0 Å². The Morgan fingerprint density at radius 3 is 2.59 bits per heavy atom. The normalized spacial score (nSPS) is 12.5. The van der Waals surface area contributed by atoms with E-state index in [1.807, 2.05) is 24.3 Å². The SMILES string of the molecule is OC[C@@H](Cc1ccccc1)NCc1ccoc1. The molecule has 0 aliphatic heterocycles. The van der Waals surface area contributed by atoms with Crippen LogP contribution < -0.4 is 5.32 Å². The number of aliphatic hydroxyl groups is 1. The molecule has 2 aromatic rings. The molecule has 0 bridgehead atoms. The lowest BCUT2D eigenvalue weighted by Crippen LogP contribution is -2.33. The number of aliphatic hydroxyl groups excluding tert-OH is 1. The molecule has 17 heavy (non-hydrogen) atoms. The van der Waals surface area contributed by atoms with Crippen molar-refractivity contribution in [3.63, 3.8) is 0 Å². The molecule has 1 heterocycles. The first-order valence-electron chi connectivity index (χ1n) is 5.77. The quantitative estimate of drug-likeness (QED) is 0.799. The lowest BCUT2D eigenvalue weighted by atomic mass is 10.1. The van der Waals surface area contributed by atoms with Gasteiger partial charge in [0.05, 0.1) is 19.1 Å². The second kappa shape index (κ2) is 6.23. The van der Waals surface area contributed by atoms with E-state index >= 15 is 0 Å². The van der Waals surface area contributed by atoms with E-state index in [9.17, 15) is 5.11 Å². The summed E-state index contributed by atoms with van der Waals surface area (Å²) < 4.78 is 5.00. The Morgan fingerprint density at radius 2 is 1.94 bits per heavy atom. The molecule has 3 nitrogen and oxygen atoms in total. The van der Waals surface area contributed by atoms with Gasteiger partial charge in [0.2, 0.25) is 0 Å². The van der Waals surface area contributed by atoms with Crippen LogP contribution in [0.25, 0.3) is 0 Å². The number of hydrogen-bond acceptors (Lipinski definition) is 3. The zero-order chi connectivity index (χ0) is 11.9. The summed E-state index contributed by atoms with van der Waals surface area (Å²) in [5.74, 6) is 0. The summed E-state index contributed by atoms with van der Waals surface area (Å²) in [7, 11) is 0. The molecule has 0 unspecified atom stereocenters. The second-order valence-corrected chi connectivity index (χ2v) is 4.08. The van der Waals surface area contributed by atoms with E-state index in [-0.39, 0.29) is 12.6 Å². The van der Waals surface area contributed by atoms with Crippen LogP contribution in [0.15, 0.2) is 53.3 Å². The molecule has 0 amide bonds. The fourth-order valence-electron chi connectivity index (χ4n) is 1.76. The van der Waals surface area contributed by atoms with Crippen molar-refractivity contribution >= 4 is 0 Å². The third-order valence-corrected chi connectivity index (χ3v) is 2.72. The van der Waals surface area contributed by atoms with Gasteiger partial charge in [0.15, 0.2) is 0 Å². The van der Waals surface area contributed by atoms with Gasteiger partial charge in [-0.05, 0) is 18.1 Å². The van der Waals surface area contributed by atoms with Crippen molar-refractivity contribution in [1.29, 1.82) is 0 Å². The molecular formula is C14H17NO2. The molecule has 1 atom stereocenters. The molecule has 0 radical (unpaired) electrons. The molecule has 0 fully saturated rings. The maximum Gasteiger partial charge on any atom is 0.0947 e. The number of benzene rings is 1. The van der Waals surface area contributed by atoms with Crippen molar-refractivity contribution in [3.05, 3.63) is 60.1 Å². The Balaban J connectivity index is 1.85. The van der Waals surface area contributed by atoms with Crippen LogP contribution >= 0.6 is 0 Å². The fourth-order valence-corrected chi connectivity index (χ4v) is 1.76. The van der Waals surface area contributed by atoms with E-state index < -0.39 is 0 Å². The summed E-state index contributed by atoms with van der Waals surface area (Å²) in [6.45, 7) is 0.849. The number of hydrogen-bond donors (Lipinski definition) is 2. The molecule has 2 rings (SSSR count). The number of rotatable bonds is 6. The largest absolute Gasteiger partial charge is 0.472 e. The highest BCUT2D eigenvalue weighted by Crippen LogP contribution is 2.05. The minimum atomic E-state index is 0.0762. The van der Waals surface area contributed by atoms with Crippen LogP contribution in [0.3, 0.4) is 0 Å². The third-order valence-electron chi connectivity index (χ3n) is 2.72. The summed E-state index contributed by atoms with van der Waals surface area (Å²) in [6.07, 6.45) is 4.20. The molecule has 3 heteroatoms. The molecule has 1 aromatic heterocycles. The lowest BCUT2D eigenvalue weighted by molar-refractivity contribution is 0.240. The Morgan fingerprint density at radius 1 is 1.12 bits per heavy atom. The van der Waals surface area contributed by atoms with E-state index in [0.717, 1.165) is 12.0 Å². The second-order valence-electron chi connectivity index (χ2n) is 4.08. The highest BCUT2D eigenvalue weighted by atomic mass is 16.3. The van der Waals surface area contributed by atoms with Gasteiger partial charge in [-0.3, -0.25) is 0 Å².